The first kappa shape index (κ1) is 16.2. The Bertz CT molecular complexity index is 385. The van der Waals surface area contributed by atoms with Crippen LogP contribution in [0.2, 0.25) is 0 Å². The highest BCUT2D eigenvalue weighted by Crippen LogP contribution is 2.17. The lowest BCUT2D eigenvalue weighted by Crippen LogP contribution is -2.45. The minimum atomic E-state index is -2.99. The van der Waals surface area contributed by atoms with E-state index in [9.17, 15) is 8.42 Å². The summed E-state index contributed by atoms with van der Waals surface area (Å²) < 4.78 is 24.6. The quantitative estimate of drug-likeness (QED) is 0.729. The molecule has 2 aliphatic heterocycles. The maximum absolute atomic E-state index is 11.5. The van der Waals surface area contributed by atoms with Crippen LogP contribution in [0.4, 0.5) is 0 Å². The number of sulfonamides is 1. The van der Waals surface area contributed by atoms with Crippen molar-refractivity contribution in [3.63, 3.8) is 0 Å². The normalized spacial score (nSPS) is 23.8. The minimum Gasteiger partial charge on any atom is -0.303 e. The number of nitrogens with zero attached hydrogens (tertiary/aromatic N) is 3. The van der Waals surface area contributed by atoms with E-state index in [0.29, 0.717) is 19.1 Å². The van der Waals surface area contributed by atoms with Crippen LogP contribution in [0.25, 0.3) is 0 Å². The molecule has 0 bridgehead atoms. The molecule has 6 heteroatoms. The summed E-state index contributed by atoms with van der Waals surface area (Å²) in [5.74, 6) is 0. The number of piperidine rings is 1. The zero-order valence-corrected chi connectivity index (χ0v) is 13.7. The van der Waals surface area contributed by atoms with Crippen molar-refractivity contribution >= 4 is 10.0 Å². The van der Waals surface area contributed by atoms with Crippen molar-refractivity contribution in [2.24, 2.45) is 0 Å². The van der Waals surface area contributed by atoms with Crippen LogP contribution >= 0.6 is 0 Å². The van der Waals surface area contributed by atoms with E-state index in [2.05, 4.69) is 16.8 Å². The number of rotatable bonds is 6. The number of likely N-dealkylation sites (tertiary alicyclic amines) is 1. The molecule has 0 N–H and O–H groups in total. The second-order valence-corrected chi connectivity index (χ2v) is 8.26. The lowest BCUT2D eigenvalue weighted by molar-refractivity contribution is 0.161. The Morgan fingerprint density at radius 2 is 1.70 bits per heavy atom. The third-order valence-corrected chi connectivity index (χ3v) is 6.00. The molecule has 0 amide bonds. The molecule has 2 heterocycles. The van der Waals surface area contributed by atoms with E-state index in [-0.39, 0.29) is 0 Å². The second kappa shape index (κ2) is 7.20. The Hall–Kier alpha value is -0.170. The molecule has 0 saturated carbocycles. The smallest absolute Gasteiger partial charge is 0.211 e. The van der Waals surface area contributed by atoms with Gasteiger partial charge in [0.1, 0.15) is 0 Å². The molecule has 0 radical (unpaired) electrons. The standard InChI is InChI=1S/C14H29N3O2S/c1-15(8-5-11-16-9-3-4-10-16)14-6-12-17(13-7-14)20(2,18)19/h14H,3-13H2,1-2H3. The van der Waals surface area contributed by atoms with Gasteiger partial charge in [0.25, 0.3) is 0 Å². The Balaban J connectivity index is 1.65. The summed E-state index contributed by atoms with van der Waals surface area (Å²) in [6, 6.07) is 0.548. The minimum absolute atomic E-state index is 0.548. The summed E-state index contributed by atoms with van der Waals surface area (Å²) in [5.41, 5.74) is 0. The maximum atomic E-state index is 11.5. The molecule has 5 nitrogen and oxygen atoms in total. The Morgan fingerprint density at radius 1 is 1.10 bits per heavy atom. The average Bonchev–Trinajstić information content (AvgIpc) is 2.91. The van der Waals surface area contributed by atoms with E-state index in [0.717, 1.165) is 19.4 Å². The van der Waals surface area contributed by atoms with Gasteiger partial charge in [-0.2, -0.15) is 0 Å². The van der Waals surface area contributed by atoms with E-state index < -0.39 is 10.0 Å². The van der Waals surface area contributed by atoms with Crippen LogP contribution in [0.5, 0.6) is 0 Å². The lowest BCUT2D eigenvalue weighted by Gasteiger charge is -2.35. The Labute approximate surface area is 124 Å². The van der Waals surface area contributed by atoms with Gasteiger partial charge in [0, 0.05) is 19.1 Å². The predicted octanol–water partition coefficient (Wildman–Crippen LogP) is 0.828. The van der Waals surface area contributed by atoms with Gasteiger partial charge < -0.3 is 9.80 Å². The van der Waals surface area contributed by atoms with Crippen LogP contribution in [-0.4, -0.2) is 81.1 Å². The number of hydrogen-bond acceptors (Lipinski definition) is 4. The third-order valence-electron chi connectivity index (χ3n) is 4.70. The summed E-state index contributed by atoms with van der Waals surface area (Å²) in [5, 5.41) is 0. The summed E-state index contributed by atoms with van der Waals surface area (Å²) in [7, 11) is -0.810. The van der Waals surface area contributed by atoms with Crippen molar-refractivity contribution in [3.05, 3.63) is 0 Å². The SMILES string of the molecule is CN(CCCN1CCCC1)C1CCN(S(C)(=O)=O)CC1. The molecule has 0 aliphatic carbocycles. The fourth-order valence-electron chi connectivity index (χ4n) is 3.35. The molecule has 0 spiro atoms. The molecule has 0 atom stereocenters. The van der Waals surface area contributed by atoms with Gasteiger partial charge in [0.15, 0.2) is 0 Å². The molecule has 2 saturated heterocycles. The fraction of sp³-hybridized carbons (Fsp3) is 1.00. The first-order valence-corrected chi connectivity index (χ1v) is 9.69. The lowest BCUT2D eigenvalue weighted by atomic mass is 10.1. The highest BCUT2D eigenvalue weighted by atomic mass is 32.2. The summed E-state index contributed by atoms with van der Waals surface area (Å²) >= 11 is 0. The molecule has 2 aliphatic rings. The topological polar surface area (TPSA) is 43.9 Å². The van der Waals surface area contributed by atoms with Crippen molar-refractivity contribution < 1.29 is 8.42 Å². The second-order valence-electron chi connectivity index (χ2n) is 6.28. The van der Waals surface area contributed by atoms with Gasteiger partial charge in [-0.1, -0.05) is 0 Å². The highest BCUT2D eigenvalue weighted by molar-refractivity contribution is 7.88. The first-order valence-electron chi connectivity index (χ1n) is 7.84. The van der Waals surface area contributed by atoms with Crippen molar-refractivity contribution in [1.29, 1.82) is 0 Å². The summed E-state index contributed by atoms with van der Waals surface area (Å²) in [6.07, 6.45) is 7.19. The van der Waals surface area contributed by atoms with Crippen molar-refractivity contribution in [3.8, 4) is 0 Å². The fourth-order valence-corrected chi connectivity index (χ4v) is 4.22. The Morgan fingerprint density at radius 3 is 2.25 bits per heavy atom. The van der Waals surface area contributed by atoms with Crippen LogP contribution in [0.3, 0.4) is 0 Å². The molecule has 0 unspecified atom stereocenters. The van der Waals surface area contributed by atoms with Gasteiger partial charge in [-0.05, 0) is 65.3 Å². The predicted molar refractivity (Wildman–Crippen MR) is 82.4 cm³/mol. The molecule has 20 heavy (non-hydrogen) atoms. The van der Waals surface area contributed by atoms with Crippen molar-refractivity contribution in [1.82, 2.24) is 14.1 Å². The number of hydrogen-bond donors (Lipinski definition) is 0. The Kier molecular flexibility index (Phi) is 5.84. The van der Waals surface area contributed by atoms with Gasteiger partial charge in [0.2, 0.25) is 10.0 Å². The largest absolute Gasteiger partial charge is 0.303 e. The van der Waals surface area contributed by atoms with Gasteiger partial charge >= 0.3 is 0 Å². The van der Waals surface area contributed by atoms with Gasteiger partial charge in [0.05, 0.1) is 6.26 Å². The average molecular weight is 303 g/mol. The van der Waals surface area contributed by atoms with Gasteiger partial charge in [-0.25, -0.2) is 12.7 Å². The molecule has 2 rings (SSSR count). The molecule has 0 aromatic carbocycles. The van der Waals surface area contributed by atoms with Crippen LogP contribution in [-0.2, 0) is 10.0 Å². The van der Waals surface area contributed by atoms with Gasteiger partial charge in [-0.3, -0.25) is 0 Å². The van der Waals surface area contributed by atoms with E-state index in [1.165, 1.54) is 45.2 Å². The summed E-state index contributed by atoms with van der Waals surface area (Å²) in [6.45, 7) is 6.25. The zero-order valence-electron chi connectivity index (χ0n) is 12.9. The van der Waals surface area contributed by atoms with E-state index in [1.54, 1.807) is 4.31 Å². The van der Waals surface area contributed by atoms with Crippen LogP contribution < -0.4 is 0 Å². The zero-order chi connectivity index (χ0) is 14.6. The molecule has 0 aromatic rings. The van der Waals surface area contributed by atoms with E-state index >= 15 is 0 Å². The van der Waals surface area contributed by atoms with Crippen LogP contribution in [0.15, 0.2) is 0 Å². The van der Waals surface area contributed by atoms with Crippen molar-refractivity contribution in [2.45, 2.75) is 38.1 Å². The molecule has 0 aromatic heterocycles. The maximum Gasteiger partial charge on any atom is 0.211 e. The molecule has 118 valence electrons. The van der Waals surface area contributed by atoms with Crippen LogP contribution in [0.1, 0.15) is 32.1 Å². The highest BCUT2D eigenvalue weighted by Gasteiger charge is 2.26. The van der Waals surface area contributed by atoms with E-state index in [1.807, 2.05) is 0 Å². The van der Waals surface area contributed by atoms with E-state index in [4.69, 9.17) is 0 Å². The third kappa shape index (κ3) is 4.69. The van der Waals surface area contributed by atoms with Crippen LogP contribution in [0, 0.1) is 0 Å². The summed E-state index contributed by atoms with van der Waals surface area (Å²) in [4.78, 5) is 4.98. The van der Waals surface area contributed by atoms with Gasteiger partial charge in [-0.15, -0.1) is 0 Å². The molecular weight excluding hydrogens is 274 g/mol. The van der Waals surface area contributed by atoms with Crippen molar-refractivity contribution in [2.75, 3.05) is 52.6 Å². The first-order chi connectivity index (χ1) is 9.47. The monoisotopic (exact) mass is 303 g/mol. The molecule has 2 fully saturated rings. The molecular formula is C14H29N3O2S.